The molecule has 3 aromatic rings. The monoisotopic (exact) mass is 337 g/mol. The Balaban J connectivity index is 2.04. The lowest BCUT2D eigenvalue weighted by molar-refractivity contribution is 0.112. The third-order valence-corrected chi connectivity index (χ3v) is 4.52. The van der Waals surface area contributed by atoms with E-state index in [0.717, 1.165) is 39.7 Å². The van der Waals surface area contributed by atoms with Gasteiger partial charge in [0.15, 0.2) is 0 Å². The normalized spacial score (nSPS) is 10.7. The number of aryl methyl sites for hydroxylation is 2. The van der Waals surface area contributed by atoms with Crippen molar-refractivity contribution in [1.82, 2.24) is 0 Å². The van der Waals surface area contributed by atoms with E-state index in [1.54, 1.807) is 0 Å². The number of nitrogens with zero attached hydrogens (tertiary/aromatic N) is 1. The second kappa shape index (κ2) is 7.63. The van der Waals surface area contributed by atoms with Crippen molar-refractivity contribution >= 4 is 18.4 Å². The Morgan fingerprint density at radius 1 is 0.808 bits per heavy atom. The maximum Gasteiger partial charge on any atom is 0.150 e. The first-order chi connectivity index (χ1) is 12.6. The van der Waals surface area contributed by atoms with E-state index in [2.05, 4.69) is 6.07 Å². The molecule has 126 valence electrons. The molecule has 0 saturated heterocycles. The fourth-order valence-electron chi connectivity index (χ4n) is 3.04. The van der Waals surface area contributed by atoms with Crippen LogP contribution < -0.4 is 0 Å². The Morgan fingerprint density at radius 2 is 1.46 bits per heavy atom. The maximum absolute atomic E-state index is 11.1. The van der Waals surface area contributed by atoms with Gasteiger partial charge >= 0.3 is 0 Å². The van der Waals surface area contributed by atoms with Crippen molar-refractivity contribution in [2.75, 3.05) is 0 Å². The van der Waals surface area contributed by atoms with Crippen LogP contribution in [-0.2, 0) is 0 Å². The van der Waals surface area contributed by atoms with Crippen molar-refractivity contribution < 1.29 is 4.79 Å². The largest absolute Gasteiger partial charge is 0.298 e. The first-order valence-corrected chi connectivity index (χ1v) is 8.47. The van der Waals surface area contributed by atoms with Crippen LogP contribution in [0.1, 0.15) is 38.2 Å². The molecule has 0 radical (unpaired) electrons. The molecule has 26 heavy (non-hydrogen) atoms. The number of rotatable bonds is 4. The van der Waals surface area contributed by atoms with E-state index in [-0.39, 0.29) is 0 Å². The van der Waals surface area contributed by atoms with Gasteiger partial charge in [0.1, 0.15) is 12.4 Å². The van der Waals surface area contributed by atoms with E-state index in [9.17, 15) is 10.1 Å². The highest BCUT2D eigenvalue weighted by Gasteiger charge is 2.08. The lowest BCUT2D eigenvalue weighted by Gasteiger charge is -2.08. The van der Waals surface area contributed by atoms with E-state index in [1.807, 2.05) is 86.7 Å². The first-order valence-electron chi connectivity index (χ1n) is 8.47. The zero-order chi connectivity index (χ0) is 18.5. The Hall–Kier alpha value is -3.44. The van der Waals surface area contributed by atoms with Crippen LogP contribution in [0.15, 0.2) is 60.7 Å². The van der Waals surface area contributed by atoms with Crippen LogP contribution in [0.4, 0.5) is 0 Å². The first kappa shape index (κ1) is 17.4. The van der Waals surface area contributed by atoms with Crippen molar-refractivity contribution in [1.29, 1.82) is 5.26 Å². The van der Waals surface area contributed by atoms with Crippen LogP contribution in [0.25, 0.3) is 23.3 Å². The van der Waals surface area contributed by atoms with Gasteiger partial charge in [-0.15, -0.1) is 0 Å². The van der Waals surface area contributed by atoms with Gasteiger partial charge in [-0.25, -0.2) is 0 Å². The second-order valence-electron chi connectivity index (χ2n) is 6.26. The van der Waals surface area contributed by atoms with Crippen molar-refractivity contribution in [2.45, 2.75) is 13.8 Å². The van der Waals surface area contributed by atoms with Crippen LogP contribution in [-0.4, -0.2) is 6.29 Å². The molecule has 0 heterocycles. The van der Waals surface area contributed by atoms with Crippen molar-refractivity contribution in [3.8, 4) is 17.2 Å². The van der Waals surface area contributed by atoms with Crippen LogP contribution in [0.3, 0.4) is 0 Å². The molecule has 0 spiro atoms. The number of nitriles is 1. The number of carbonyl (C=O) groups is 1. The predicted molar refractivity (Wildman–Crippen MR) is 107 cm³/mol. The Labute approximate surface area is 154 Å². The molecule has 0 aliphatic carbocycles. The summed E-state index contributed by atoms with van der Waals surface area (Å²) in [6.45, 7) is 3.91. The van der Waals surface area contributed by atoms with Gasteiger partial charge in [-0.3, -0.25) is 4.79 Å². The van der Waals surface area contributed by atoms with Crippen LogP contribution >= 0.6 is 0 Å². The number of hydrogen-bond acceptors (Lipinski definition) is 2. The molecular formula is C24H19NO. The third-order valence-electron chi connectivity index (χ3n) is 4.52. The van der Waals surface area contributed by atoms with Crippen LogP contribution in [0.2, 0.25) is 0 Å². The van der Waals surface area contributed by atoms with Gasteiger partial charge in [0.05, 0.1) is 5.56 Å². The molecule has 0 bridgehead atoms. The van der Waals surface area contributed by atoms with E-state index < -0.39 is 0 Å². The molecule has 2 heteroatoms. The number of benzene rings is 3. The zero-order valence-corrected chi connectivity index (χ0v) is 14.9. The SMILES string of the molecule is Cc1cc(/C=C/c2cccc(-c3ccccc3)c2C#N)c(C)cc1C=O. The zero-order valence-electron chi connectivity index (χ0n) is 14.9. The number of aldehydes is 1. The van der Waals surface area contributed by atoms with Gasteiger partial charge in [-0.05, 0) is 47.7 Å². The molecule has 2 nitrogen and oxygen atoms in total. The Kier molecular flexibility index (Phi) is 5.10. The molecule has 0 saturated carbocycles. The van der Waals surface area contributed by atoms with Gasteiger partial charge in [0.25, 0.3) is 0 Å². The summed E-state index contributed by atoms with van der Waals surface area (Å²) in [6, 6.07) is 22.1. The van der Waals surface area contributed by atoms with E-state index in [0.29, 0.717) is 11.1 Å². The standard InChI is InChI=1S/C24H19NO/c1-17-14-22(16-26)18(2)13-21(17)12-11-20-9-6-10-23(24(20)15-25)19-7-4-3-5-8-19/h3-14,16H,1-2H3/b12-11+. The summed E-state index contributed by atoms with van der Waals surface area (Å²) < 4.78 is 0. The lowest BCUT2D eigenvalue weighted by Crippen LogP contribution is -1.91. The summed E-state index contributed by atoms with van der Waals surface area (Å²) in [7, 11) is 0. The highest BCUT2D eigenvalue weighted by molar-refractivity contribution is 5.83. The fourth-order valence-corrected chi connectivity index (χ4v) is 3.04. The maximum atomic E-state index is 11.1. The number of carbonyl (C=O) groups excluding carboxylic acids is 1. The average Bonchev–Trinajstić information content (AvgIpc) is 2.68. The van der Waals surface area contributed by atoms with Gasteiger partial charge < -0.3 is 0 Å². The summed E-state index contributed by atoms with van der Waals surface area (Å²) in [4.78, 5) is 11.1. The third kappa shape index (κ3) is 3.48. The highest BCUT2D eigenvalue weighted by atomic mass is 16.1. The molecule has 0 aliphatic rings. The summed E-state index contributed by atoms with van der Waals surface area (Å²) in [5, 5.41) is 9.70. The minimum Gasteiger partial charge on any atom is -0.298 e. The van der Waals surface area contributed by atoms with Crippen molar-refractivity contribution in [3.05, 3.63) is 94.0 Å². The van der Waals surface area contributed by atoms with E-state index in [4.69, 9.17) is 0 Å². The van der Waals surface area contributed by atoms with Crippen LogP contribution in [0.5, 0.6) is 0 Å². The molecule has 0 N–H and O–H groups in total. The fraction of sp³-hybridized carbons (Fsp3) is 0.0833. The second-order valence-corrected chi connectivity index (χ2v) is 6.26. The molecular weight excluding hydrogens is 318 g/mol. The predicted octanol–water partition coefficient (Wildman–Crippen LogP) is 5.83. The molecule has 0 fully saturated rings. The molecule has 3 aromatic carbocycles. The van der Waals surface area contributed by atoms with Gasteiger partial charge in [-0.2, -0.15) is 5.26 Å². The molecule has 0 unspecified atom stereocenters. The van der Waals surface area contributed by atoms with Crippen molar-refractivity contribution in [2.24, 2.45) is 0 Å². The Bertz CT molecular complexity index is 1020. The minimum absolute atomic E-state index is 0.661. The summed E-state index contributed by atoms with van der Waals surface area (Å²) >= 11 is 0. The molecule has 0 aliphatic heterocycles. The highest BCUT2D eigenvalue weighted by Crippen LogP contribution is 2.27. The molecule has 0 aromatic heterocycles. The Morgan fingerprint density at radius 3 is 2.15 bits per heavy atom. The lowest BCUT2D eigenvalue weighted by atomic mass is 9.95. The summed E-state index contributed by atoms with van der Waals surface area (Å²) in [5.41, 5.74) is 7.24. The topological polar surface area (TPSA) is 40.9 Å². The van der Waals surface area contributed by atoms with Crippen LogP contribution in [0, 0.1) is 25.2 Å². The summed E-state index contributed by atoms with van der Waals surface area (Å²) in [6.07, 6.45) is 4.85. The van der Waals surface area contributed by atoms with Gasteiger partial charge in [0.2, 0.25) is 0 Å². The smallest absolute Gasteiger partial charge is 0.150 e. The average molecular weight is 337 g/mol. The molecule has 0 atom stereocenters. The molecule has 3 rings (SSSR count). The van der Waals surface area contributed by atoms with E-state index in [1.165, 1.54) is 0 Å². The number of hydrogen-bond donors (Lipinski definition) is 0. The summed E-state index contributed by atoms with van der Waals surface area (Å²) in [5.74, 6) is 0. The van der Waals surface area contributed by atoms with Gasteiger partial charge in [0, 0.05) is 11.1 Å². The quantitative estimate of drug-likeness (QED) is 0.444. The molecule has 0 amide bonds. The van der Waals surface area contributed by atoms with E-state index >= 15 is 0 Å². The minimum atomic E-state index is 0.661. The van der Waals surface area contributed by atoms with Crippen molar-refractivity contribution in [3.63, 3.8) is 0 Å². The van der Waals surface area contributed by atoms with Gasteiger partial charge in [-0.1, -0.05) is 66.7 Å².